The Labute approximate surface area is 116 Å². The summed E-state index contributed by atoms with van der Waals surface area (Å²) in [5.74, 6) is -1.61. The minimum absolute atomic E-state index is 0.185. The molecule has 0 spiro atoms. The van der Waals surface area contributed by atoms with Crippen LogP contribution >= 0.6 is 0 Å². The predicted molar refractivity (Wildman–Crippen MR) is 66.4 cm³/mol. The number of carbonyl (C=O) groups excluding carboxylic acids is 3. The lowest BCUT2D eigenvalue weighted by molar-refractivity contribution is -0.200. The average molecular weight is 286 g/mol. The monoisotopic (exact) mass is 286 g/mol. The van der Waals surface area contributed by atoms with Crippen LogP contribution in [0.5, 0.6) is 0 Å². The topological polar surface area (TPSA) is 88.1 Å². The molecule has 20 heavy (non-hydrogen) atoms. The molecule has 7 nitrogen and oxygen atoms in total. The number of ether oxygens (including phenoxy) is 4. The predicted octanol–water partition coefficient (Wildman–Crippen LogP) is 0.717. The molecule has 1 fully saturated rings. The third-order valence-corrected chi connectivity index (χ3v) is 2.58. The minimum Gasteiger partial charge on any atom is -0.466 e. The quantitative estimate of drug-likeness (QED) is 0.418. The molecule has 0 aromatic rings. The van der Waals surface area contributed by atoms with E-state index in [-0.39, 0.29) is 18.7 Å². The van der Waals surface area contributed by atoms with Gasteiger partial charge in [0.2, 0.25) is 6.29 Å². The Hall–Kier alpha value is -1.89. The summed E-state index contributed by atoms with van der Waals surface area (Å²) in [4.78, 5) is 33.2. The van der Waals surface area contributed by atoms with E-state index < -0.39 is 18.2 Å². The Morgan fingerprint density at radius 1 is 1.15 bits per heavy atom. The standard InChI is InChI=1S/C13H18O7/c1-3-10(14)19-9-4-7-13(18-8-9)20-12(16)6-5-11(15)17-2/h5-6,9,13H,3-4,7-8H2,1-2H3/b6-5+/t9-,13+/m0/s1. The van der Waals surface area contributed by atoms with Crippen molar-refractivity contribution in [2.24, 2.45) is 0 Å². The van der Waals surface area contributed by atoms with Crippen LogP contribution in [0.15, 0.2) is 12.2 Å². The zero-order chi connectivity index (χ0) is 15.0. The van der Waals surface area contributed by atoms with Gasteiger partial charge in [-0.1, -0.05) is 6.92 Å². The molecule has 0 amide bonds. The number of methoxy groups -OCH3 is 1. The maximum absolute atomic E-state index is 11.4. The van der Waals surface area contributed by atoms with Gasteiger partial charge in [0.25, 0.3) is 0 Å². The maximum Gasteiger partial charge on any atom is 0.333 e. The van der Waals surface area contributed by atoms with Crippen LogP contribution in [0.2, 0.25) is 0 Å². The summed E-state index contributed by atoms with van der Waals surface area (Å²) in [6, 6.07) is 0. The van der Waals surface area contributed by atoms with E-state index in [1.807, 2.05) is 0 Å². The minimum atomic E-state index is -0.693. The molecule has 0 saturated carbocycles. The van der Waals surface area contributed by atoms with Crippen molar-refractivity contribution in [1.29, 1.82) is 0 Å². The van der Waals surface area contributed by atoms with Crippen molar-refractivity contribution < 1.29 is 33.3 Å². The summed E-state index contributed by atoms with van der Waals surface area (Å²) in [5.41, 5.74) is 0. The fourth-order valence-electron chi connectivity index (χ4n) is 1.53. The molecule has 0 aromatic carbocycles. The van der Waals surface area contributed by atoms with E-state index in [1.165, 1.54) is 7.11 Å². The molecular weight excluding hydrogens is 268 g/mol. The molecule has 0 unspecified atom stereocenters. The second-order valence-electron chi connectivity index (χ2n) is 4.10. The van der Waals surface area contributed by atoms with Gasteiger partial charge in [0.15, 0.2) is 0 Å². The van der Waals surface area contributed by atoms with Crippen molar-refractivity contribution in [1.82, 2.24) is 0 Å². The molecule has 1 aliphatic rings. The molecular formula is C13H18O7. The first kappa shape index (κ1) is 16.2. The van der Waals surface area contributed by atoms with Crippen LogP contribution in [-0.2, 0) is 33.3 Å². The smallest absolute Gasteiger partial charge is 0.333 e. The lowest BCUT2D eigenvalue weighted by Gasteiger charge is -2.28. The molecule has 0 N–H and O–H groups in total. The summed E-state index contributed by atoms with van der Waals surface area (Å²) >= 11 is 0. The van der Waals surface area contributed by atoms with Gasteiger partial charge < -0.3 is 18.9 Å². The lowest BCUT2D eigenvalue weighted by Crippen LogP contribution is -2.35. The number of carbonyl (C=O) groups is 3. The van der Waals surface area contributed by atoms with E-state index in [4.69, 9.17) is 14.2 Å². The Morgan fingerprint density at radius 2 is 1.85 bits per heavy atom. The van der Waals surface area contributed by atoms with Crippen LogP contribution in [0.4, 0.5) is 0 Å². The van der Waals surface area contributed by atoms with Gasteiger partial charge in [-0.3, -0.25) is 4.79 Å². The SMILES string of the molecule is CCC(=O)O[C@H]1CC[C@@H](OC(=O)/C=C/C(=O)OC)OC1. The normalized spacial score (nSPS) is 22.3. The van der Waals surface area contributed by atoms with Gasteiger partial charge in [-0.2, -0.15) is 0 Å². The maximum atomic E-state index is 11.4. The zero-order valence-electron chi connectivity index (χ0n) is 11.5. The molecule has 1 rings (SSSR count). The first-order chi connectivity index (χ1) is 9.55. The highest BCUT2D eigenvalue weighted by atomic mass is 16.7. The number of hydrogen-bond donors (Lipinski definition) is 0. The molecule has 0 aromatic heterocycles. The Balaban J connectivity index is 2.28. The highest BCUT2D eigenvalue weighted by Crippen LogP contribution is 2.17. The van der Waals surface area contributed by atoms with Crippen molar-refractivity contribution >= 4 is 17.9 Å². The van der Waals surface area contributed by atoms with E-state index >= 15 is 0 Å². The second kappa shape index (κ2) is 8.31. The Kier molecular flexibility index (Phi) is 6.72. The lowest BCUT2D eigenvalue weighted by atomic mass is 10.1. The van der Waals surface area contributed by atoms with E-state index in [0.29, 0.717) is 19.3 Å². The van der Waals surface area contributed by atoms with E-state index in [2.05, 4.69) is 4.74 Å². The van der Waals surface area contributed by atoms with Crippen LogP contribution in [0.25, 0.3) is 0 Å². The fraction of sp³-hybridized carbons (Fsp3) is 0.615. The van der Waals surface area contributed by atoms with Crippen molar-refractivity contribution in [3.8, 4) is 0 Å². The fourth-order valence-corrected chi connectivity index (χ4v) is 1.53. The van der Waals surface area contributed by atoms with E-state index in [0.717, 1.165) is 12.2 Å². The molecule has 1 saturated heterocycles. The largest absolute Gasteiger partial charge is 0.466 e. The van der Waals surface area contributed by atoms with E-state index in [1.54, 1.807) is 6.92 Å². The number of hydrogen-bond acceptors (Lipinski definition) is 7. The molecule has 2 atom stereocenters. The van der Waals surface area contributed by atoms with E-state index in [9.17, 15) is 14.4 Å². The summed E-state index contributed by atoms with van der Waals surface area (Å²) in [7, 11) is 1.21. The third-order valence-electron chi connectivity index (χ3n) is 2.58. The molecule has 7 heteroatoms. The molecule has 0 aliphatic carbocycles. The third kappa shape index (κ3) is 5.83. The Morgan fingerprint density at radius 3 is 2.40 bits per heavy atom. The van der Waals surface area contributed by atoms with Gasteiger partial charge in [0.05, 0.1) is 13.7 Å². The molecule has 112 valence electrons. The van der Waals surface area contributed by atoms with Crippen LogP contribution in [0.3, 0.4) is 0 Å². The first-order valence-corrected chi connectivity index (χ1v) is 6.32. The molecule has 1 aliphatic heterocycles. The number of rotatable bonds is 5. The van der Waals surface area contributed by atoms with Gasteiger partial charge in [-0.15, -0.1) is 0 Å². The molecule has 0 bridgehead atoms. The number of esters is 3. The summed E-state index contributed by atoms with van der Waals surface area (Å²) in [6.45, 7) is 1.90. The summed E-state index contributed by atoms with van der Waals surface area (Å²) in [5, 5.41) is 0. The molecule has 1 heterocycles. The van der Waals surface area contributed by atoms with Crippen LogP contribution in [-0.4, -0.2) is 44.0 Å². The van der Waals surface area contributed by atoms with Crippen LogP contribution in [0, 0.1) is 0 Å². The van der Waals surface area contributed by atoms with Crippen LogP contribution in [0.1, 0.15) is 26.2 Å². The van der Waals surface area contributed by atoms with Crippen molar-refractivity contribution in [3.63, 3.8) is 0 Å². The zero-order valence-corrected chi connectivity index (χ0v) is 11.5. The highest BCUT2D eigenvalue weighted by Gasteiger charge is 2.26. The van der Waals surface area contributed by atoms with Crippen LogP contribution < -0.4 is 0 Å². The first-order valence-electron chi connectivity index (χ1n) is 6.32. The average Bonchev–Trinajstić information content (AvgIpc) is 2.46. The Bertz CT molecular complexity index is 380. The van der Waals surface area contributed by atoms with Crippen molar-refractivity contribution in [3.05, 3.63) is 12.2 Å². The summed E-state index contributed by atoms with van der Waals surface area (Å²) < 4.78 is 19.7. The van der Waals surface area contributed by atoms with Gasteiger partial charge in [-0.05, 0) is 6.42 Å². The van der Waals surface area contributed by atoms with Gasteiger partial charge in [-0.25, -0.2) is 9.59 Å². The highest BCUT2D eigenvalue weighted by molar-refractivity contribution is 5.91. The summed E-state index contributed by atoms with van der Waals surface area (Å²) in [6.07, 6.45) is 2.25. The molecule has 0 radical (unpaired) electrons. The second-order valence-corrected chi connectivity index (χ2v) is 4.10. The van der Waals surface area contributed by atoms with Crippen molar-refractivity contribution in [2.45, 2.75) is 38.6 Å². The van der Waals surface area contributed by atoms with Crippen molar-refractivity contribution in [2.75, 3.05) is 13.7 Å². The van der Waals surface area contributed by atoms with Gasteiger partial charge in [0, 0.05) is 25.0 Å². The van der Waals surface area contributed by atoms with Gasteiger partial charge >= 0.3 is 17.9 Å². The van der Waals surface area contributed by atoms with Gasteiger partial charge in [0.1, 0.15) is 6.10 Å².